The van der Waals surface area contributed by atoms with Crippen LogP contribution in [0.4, 0.5) is 4.79 Å². The highest BCUT2D eigenvalue weighted by Crippen LogP contribution is 2.09. The number of nitrogens with zero attached hydrogens (tertiary/aromatic N) is 3. The average Bonchev–Trinajstić information content (AvgIpc) is 2.09. The molecular formula is C13H23N4O3+. The fourth-order valence-electron chi connectivity index (χ4n) is 1.59. The van der Waals surface area contributed by atoms with Gasteiger partial charge in [0.1, 0.15) is 6.54 Å². The molecule has 0 aliphatic carbocycles. The van der Waals surface area contributed by atoms with Gasteiger partial charge in [0.15, 0.2) is 12.7 Å². The molecule has 0 saturated heterocycles. The molecule has 20 heavy (non-hydrogen) atoms. The van der Waals surface area contributed by atoms with Crippen LogP contribution in [0.2, 0.25) is 0 Å². The van der Waals surface area contributed by atoms with E-state index < -0.39 is 12.0 Å². The number of carbonyl (C=O) groups is 2. The van der Waals surface area contributed by atoms with Crippen LogP contribution in [-0.4, -0.2) is 55.4 Å². The number of primary amides is 1. The first-order valence-electron chi connectivity index (χ1n) is 6.13. The van der Waals surface area contributed by atoms with Crippen molar-refractivity contribution in [2.45, 2.75) is 13.8 Å². The van der Waals surface area contributed by atoms with Crippen molar-refractivity contribution in [2.24, 2.45) is 10.8 Å². The number of hydrogen-bond acceptors (Lipinski definition) is 3. The number of quaternary nitrogens is 1. The van der Waals surface area contributed by atoms with Gasteiger partial charge in [0.05, 0.1) is 32.2 Å². The Bertz CT molecular complexity index is 468. The first-order valence-corrected chi connectivity index (χ1v) is 6.13. The Morgan fingerprint density at radius 1 is 1.40 bits per heavy atom. The molecule has 0 aromatic heterocycles. The Morgan fingerprint density at radius 3 is 2.25 bits per heavy atom. The second kappa shape index (κ2) is 7.54. The Hall–Kier alpha value is -2.02. The van der Waals surface area contributed by atoms with Gasteiger partial charge in [-0.3, -0.25) is 0 Å². The monoisotopic (exact) mass is 283 g/mol. The molecular weight excluding hydrogens is 260 g/mol. The van der Waals surface area contributed by atoms with Crippen LogP contribution in [0.3, 0.4) is 0 Å². The Morgan fingerprint density at radius 2 is 1.95 bits per heavy atom. The third-order valence-corrected chi connectivity index (χ3v) is 2.07. The molecule has 112 valence electrons. The first kappa shape index (κ1) is 18.0. The highest BCUT2D eigenvalue weighted by Gasteiger charge is 2.12. The summed E-state index contributed by atoms with van der Waals surface area (Å²) in [6.45, 7) is 4.65. The number of likely N-dealkylation sites (N-methyl/N-ethyl adjacent to an activating group) is 1. The minimum Gasteiger partial charge on any atom is -0.544 e. The van der Waals surface area contributed by atoms with Gasteiger partial charge in [0.25, 0.3) is 0 Å². The van der Waals surface area contributed by atoms with Gasteiger partial charge in [-0.05, 0) is 25.5 Å². The van der Waals surface area contributed by atoms with Crippen molar-refractivity contribution in [3.05, 3.63) is 23.4 Å². The van der Waals surface area contributed by atoms with Crippen molar-refractivity contribution in [1.82, 2.24) is 0 Å². The maximum absolute atomic E-state index is 10.4. The number of azo groups is 2. The van der Waals surface area contributed by atoms with Crippen LogP contribution < -0.4 is 10.8 Å². The van der Waals surface area contributed by atoms with Crippen LogP contribution >= 0.6 is 0 Å². The van der Waals surface area contributed by atoms with Crippen LogP contribution in [0.15, 0.2) is 28.5 Å². The molecule has 0 aromatic rings. The van der Waals surface area contributed by atoms with Crippen LogP contribution in [-0.2, 0) is 4.79 Å². The number of nitrogens with two attached hydrogens (primary N) is 1. The maximum atomic E-state index is 10.4. The molecule has 0 unspecified atom stereocenters. The summed E-state index contributed by atoms with van der Waals surface area (Å²) in [7, 11) is 5.40. The summed E-state index contributed by atoms with van der Waals surface area (Å²) < 4.78 is 1.97. The van der Waals surface area contributed by atoms with Gasteiger partial charge in [-0.25, -0.2) is 4.79 Å². The quantitative estimate of drug-likeness (QED) is 0.563. The second-order valence-electron chi connectivity index (χ2n) is 5.72. The lowest BCUT2D eigenvalue weighted by molar-refractivity contribution is -0.864. The number of urea groups is 1. The fraction of sp³-hybridized carbons (Fsp3) is 0.538. The largest absolute Gasteiger partial charge is 0.544 e. The number of aliphatic carboxylic acids is 1. The van der Waals surface area contributed by atoms with Crippen LogP contribution in [0, 0.1) is 0 Å². The maximum Gasteiger partial charge on any atom is 0.398 e. The molecule has 2 amide bonds. The lowest BCUT2D eigenvalue weighted by Crippen LogP contribution is -2.45. The molecule has 7 heteroatoms. The summed E-state index contributed by atoms with van der Waals surface area (Å²) >= 11 is 0. The van der Waals surface area contributed by atoms with Crippen molar-refractivity contribution in [1.29, 1.82) is 0 Å². The number of carboxylic acids is 1. The average molecular weight is 283 g/mol. The van der Waals surface area contributed by atoms with E-state index in [2.05, 4.69) is 5.11 Å². The molecule has 0 spiro atoms. The first-order chi connectivity index (χ1) is 8.99. The van der Waals surface area contributed by atoms with Crippen molar-refractivity contribution < 1.29 is 23.9 Å². The van der Waals surface area contributed by atoms with E-state index in [0.717, 1.165) is 5.57 Å². The standard InChI is InChI=1S/C8H11N3O.C5H11NO2/c1-6-3-7(2)5-11(4-6)10-8(9)12;1-6(2,3)4-5(7)8/h3-4H,5H2,1-2H3,(H-,9,12);4H2,1-3H3/p+1. The molecule has 1 aliphatic rings. The molecule has 0 fully saturated rings. The number of amides is 2. The summed E-state index contributed by atoms with van der Waals surface area (Å²) in [5.41, 5.74) is 7.16. The summed E-state index contributed by atoms with van der Waals surface area (Å²) in [6, 6.07) is -0.659. The Kier molecular flexibility index (Phi) is 6.78. The molecule has 0 bridgehead atoms. The highest BCUT2D eigenvalue weighted by atomic mass is 16.4. The van der Waals surface area contributed by atoms with Gasteiger partial charge in [0, 0.05) is 5.57 Å². The summed E-state index contributed by atoms with van der Waals surface area (Å²) in [6.07, 6.45) is 3.84. The minimum atomic E-state index is -1.00. The van der Waals surface area contributed by atoms with Gasteiger partial charge >= 0.3 is 6.03 Å². The second-order valence-corrected chi connectivity index (χ2v) is 5.72. The van der Waals surface area contributed by atoms with E-state index in [4.69, 9.17) is 5.73 Å². The molecule has 0 saturated carbocycles. The van der Waals surface area contributed by atoms with Gasteiger partial charge in [-0.2, -0.15) is 0 Å². The number of hydrogen-bond donors (Lipinski definition) is 1. The van der Waals surface area contributed by atoms with E-state index in [-0.39, 0.29) is 6.54 Å². The van der Waals surface area contributed by atoms with Crippen molar-refractivity contribution in [3.63, 3.8) is 0 Å². The zero-order valence-electron chi connectivity index (χ0n) is 12.7. The summed E-state index contributed by atoms with van der Waals surface area (Å²) in [4.78, 5) is 20.3. The Balaban J connectivity index is 0.000000396. The van der Waals surface area contributed by atoms with E-state index in [1.165, 1.54) is 5.57 Å². The zero-order valence-corrected chi connectivity index (χ0v) is 12.7. The molecule has 1 rings (SSSR count). The number of carboxylic acid groups (broad SMARTS) is 1. The number of rotatable bonds is 2. The molecule has 0 radical (unpaired) electrons. The van der Waals surface area contributed by atoms with Crippen LogP contribution in [0.5, 0.6) is 0 Å². The zero-order chi connectivity index (χ0) is 15.9. The van der Waals surface area contributed by atoms with Gasteiger partial charge in [0.2, 0.25) is 0 Å². The minimum absolute atomic E-state index is 0.0694. The fourth-order valence-corrected chi connectivity index (χ4v) is 1.59. The van der Waals surface area contributed by atoms with Crippen LogP contribution in [0.1, 0.15) is 13.8 Å². The van der Waals surface area contributed by atoms with E-state index in [1.807, 2.05) is 19.9 Å². The van der Waals surface area contributed by atoms with Crippen LogP contribution in [0.25, 0.3) is 0 Å². The van der Waals surface area contributed by atoms with E-state index in [1.54, 1.807) is 32.0 Å². The number of carbonyl (C=O) groups excluding carboxylic acids is 2. The molecule has 0 aromatic carbocycles. The molecule has 0 atom stereocenters. The van der Waals surface area contributed by atoms with Gasteiger partial charge in [-0.1, -0.05) is 4.70 Å². The lowest BCUT2D eigenvalue weighted by Gasteiger charge is -2.23. The predicted octanol–water partition coefficient (Wildman–Crippen LogP) is -0.164. The van der Waals surface area contributed by atoms with E-state index in [9.17, 15) is 14.7 Å². The highest BCUT2D eigenvalue weighted by molar-refractivity contribution is 5.71. The molecule has 7 nitrogen and oxygen atoms in total. The van der Waals surface area contributed by atoms with Crippen molar-refractivity contribution in [2.75, 3.05) is 34.2 Å². The van der Waals surface area contributed by atoms with E-state index in [0.29, 0.717) is 11.0 Å². The van der Waals surface area contributed by atoms with E-state index >= 15 is 0 Å². The Labute approximate surface area is 119 Å². The predicted molar refractivity (Wildman–Crippen MR) is 72.6 cm³/mol. The number of allylic oxidation sites excluding steroid dienone is 2. The smallest absolute Gasteiger partial charge is 0.398 e. The molecule has 1 heterocycles. The van der Waals surface area contributed by atoms with Crippen molar-refractivity contribution >= 4 is 12.0 Å². The third kappa shape index (κ3) is 9.95. The topological polar surface area (TPSA) is 98.6 Å². The van der Waals surface area contributed by atoms with Gasteiger partial charge in [-0.15, -0.1) is 0 Å². The lowest BCUT2D eigenvalue weighted by atomic mass is 10.1. The summed E-state index contributed by atoms with van der Waals surface area (Å²) in [5.74, 6) is -1.00. The third-order valence-electron chi connectivity index (χ3n) is 2.07. The molecule has 1 aliphatic heterocycles. The normalized spacial score (nSPS) is 16.8. The molecule has 2 N–H and O–H groups in total. The SMILES string of the molecule is CC1=C[N+](=NC(N)=O)CC(C)=C1.C[N+](C)(C)CC(=O)[O-]. The van der Waals surface area contributed by atoms with Gasteiger partial charge < -0.3 is 20.1 Å². The summed E-state index contributed by atoms with van der Waals surface area (Å²) in [5, 5.41) is 13.5. The van der Waals surface area contributed by atoms with Crippen molar-refractivity contribution in [3.8, 4) is 0 Å².